The molecule has 0 aliphatic carbocycles. The van der Waals surface area contributed by atoms with Gasteiger partial charge in [-0.3, -0.25) is 9.78 Å². The summed E-state index contributed by atoms with van der Waals surface area (Å²) >= 11 is 7.73. The predicted molar refractivity (Wildman–Crippen MR) is 88.0 cm³/mol. The van der Waals surface area contributed by atoms with E-state index in [9.17, 15) is 4.79 Å². The number of thiophene rings is 1. The van der Waals surface area contributed by atoms with Crippen LogP contribution in [0.15, 0.2) is 47.3 Å². The zero-order valence-electron chi connectivity index (χ0n) is 11.2. The quantitative estimate of drug-likeness (QED) is 0.769. The molecule has 0 bridgehead atoms. The topological polar surface area (TPSA) is 42.0 Å². The van der Waals surface area contributed by atoms with E-state index in [0.29, 0.717) is 17.1 Å². The van der Waals surface area contributed by atoms with Gasteiger partial charge in [-0.25, -0.2) is 0 Å². The fraction of sp³-hybridized carbons (Fsp3) is 0.125. The highest BCUT2D eigenvalue weighted by Crippen LogP contribution is 2.26. The minimum Gasteiger partial charge on any atom is -0.324 e. The number of benzene rings is 1. The van der Waals surface area contributed by atoms with Crippen LogP contribution in [0.25, 0.3) is 10.9 Å². The highest BCUT2D eigenvalue weighted by Gasteiger charge is 2.08. The van der Waals surface area contributed by atoms with Gasteiger partial charge in [0, 0.05) is 23.0 Å². The molecule has 0 aliphatic heterocycles. The standard InChI is InChI=1S/C16H13ClN2OS/c17-13-8-12-2-1-6-18-16(12)14(9-13)19-15(20)4-3-11-5-7-21-10-11/h1-2,5-10H,3-4H2,(H,19,20). The number of halogens is 1. The van der Waals surface area contributed by atoms with Crippen LogP contribution in [0.2, 0.25) is 5.02 Å². The molecule has 0 saturated heterocycles. The first-order valence-electron chi connectivity index (χ1n) is 6.57. The third-order valence-corrected chi connectivity index (χ3v) is 4.11. The number of rotatable bonds is 4. The van der Waals surface area contributed by atoms with Crippen LogP contribution in [0.5, 0.6) is 0 Å². The van der Waals surface area contributed by atoms with Gasteiger partial charge in [0.25, 0.3) is 0 Å². The van der Waals surface area contributed by atoms with Gasteiger partial charge < -0.3 is 5.32 Å². The maximum Gasteiger partial charge on any atom is 0.224 e. The van der Waals surface area contributed by atoms with Crippen molar-refractivity contribution in [2.24, 2.45) is 0 Å². The van der Waals surface area contributed by atoms with Crippen LogP contribution in [0.4, 0.5) is 5.69 Å². The molecule has 2 aromatic heterocycles. The zero-order chi connectivity index (χ0) is 14.7. The average Bonchev–Trinajstić information content (AvgIpc) is 2.98. The van der Waals surface area contributed by atoms with Gasteiger partial charge in [-0.1, -0.05) is 17.7 Å². The van der Waals surface area contributed by atoms with Crippen molar-refractivity contribution in [3.05, 3.63) is 57.9 Å². The molecule has 0 saturated carbocycles. The van der Waals surface area contributed by atoms with Crippen molar-refractivity contribution in [3.8, 4) is 0 Å². The number of hydrogen-bond acceptors (Lipinski definition) is 3. The van der Waals surface area contributed by atoms with Crippen molar-refractivity contribution >= 4 is 45.4 Å². The third-order valence-electron chi connectivity index (χ3n) is 3.16. The van der Waals surface area contributed by atoms with Crippen LogP contribution < -0.4 is 5.32 Å². The van der Waals surface area contributed by atoms with E-state index in [1.165, 1.54) is 5.56 Å². The molecule has 5 heteroatoms. The highest BCUT2D eigenvalue weighted by atomic mass is 35.5. The highest BCUT2D eigenvalue weighted by molar-refractivity contribution is 7.07. The fourth-order valence-corrected chi connectivity index (χ4v) is 3.09. The van der Waals surface area contributed by atoms with E-state index in [1.807, 2.05) is 29.6 Å². The molecule has 0 atom stereocenters. The van der Waals surface area contributed by atoms with E-state index in [1.54, 1.807) is 23.6 Å². The maximum absolute atomic E-state index is 12.1. The number of hydrogen-bond donors (Lipinski definition) is 1. The Labute approximate surface area is 131 Å². The molecule has 21 heavy (non-hydrogen) atoms. The molecule has 3 aromatic rings. The number of aryl methyl sites for hydroxylation is 1. The summed E-state index contributed by atoms with van der Waals surface area (Å²) in [6.45, 7) is 0. The smallest absolute Gasteiger partial charge is 0.224 e. The van der Waals surface area contributed by atoms with Crippen molar-refractivity contribution in [1.82, 2.24) is 4.98 Å². The van der Waals surface area contributed by atoms with Crippen molar-refractivity contribution in [2.75, 3.05) is 5.32 Å². The summed E-state index contributed by atoms with van der Waals surface area (Å²) < 4.78 is 0. The van der Waals surface area contributed by atoms with Gasteiger partial charge in [-0.15, -0.1) is 0 Å². The Hall–Kier alpha value is -1.91. The molecule has 106 valence electrons. The number of amides is 1. The number of anilines is 1. The van der Waals surface area contributed by atoms with Crippen LogP contribution in [0.1, 0.15) is 12.0 Å². The molecule has 2 heterocycles. The average molecular weight is 317 g/mol. The Bertz CT molecular complexity index is 771. The largest absolute Gasteiger partial charge is 0.324 e. The first kappa shape index (κ1) is 14.0. The molecular formula is C16H13ClN2OS. The van der Waals surface area contributed by atoms with E-state index < -0.39 is 0 Å². The summed E-state index contributed by atoms with van der Waals surface area (Å²) in [5, 5.41) is 8.48. The number of aromatic nitrogens is 1. The molecule has 3 nitrogen and oxygen atoms in total. The lowest BCUT2D eigenvalue weighted by molar-refractivity contribution is -0.116. The van der Waals surface area contributed by atoms with Gasteiger partial charge in [0.15, 0.2) is 0 Å². The van der Waals surface area contributed by atoms with E-state index in [-0.39, 0.29) is 5.91 Å². The number of nitrogens with one attached hydrogen (secondary N) is 1. The van der Waals surface area contributed by atoms with Crippen LogP contribution in [-0.2, 0) is 11.2 Å². The molecule has 1 aromatic carbocycles. The first-order valence-corrected chi connectivity index (χ1v) is 7.89. The molecule has 0 unspecified atom stereocenters. The van der Waals surface area contributed by atoms with Crippen LogP contribution in [0, 0.1) is 0 Å². The van der Waals surface area contributed by atoms with Crippen LogP contribution in [0.3, 0.4) is 0 Å². The van der Waals surface area contributed by atoms with Crippen molar-refractivity contribution in [3.63, 3.8) is 0 Å². The third kappa shape index (κ3) is 3.40. The van der Waals surface area contributed by atoms with E-state index in [2.05, 4.69) is 15.7 Å². The molecule has 1 N–H and O–H groups in total. The van der Waals surface area contributed by atoms with Gasteiger partial charge in [0.05, 0.1) is 11.2 Å². The van der Waals surface area contributed by atoms with Crippen molar-refractivity contribution in [1.29, 1.82) is 0 Å². The summed E-state index contributed by atoms with van der Waals surface area (Å²) in [5.41, 5.74) is 2.60. The summed E-state index contributed by atoms with van der Waals surface area (Å²) in [7, 11) is 0. The lowest BCUT2D eigenvalue weighted by atomic mass is 10.1. The van der Waals surface area contributed by atoms with Crippen LogP contribution >= 0.6 is 22.9 Å². The summed E-state index contributed by atoms with van der Waals surface area (Å²) in [6.07, 6.45) is 2.89. The summed E-state index contributed by atoms with van der Waals surface area (Å²) in [6, 6.07) is 9.38. The predicted octanol–water partition coefficient (Wildman–Crippen LogP) is 4.52. The molecule has 3 rings (SSSR count). The minimum atomic E-state index is -0.0320. The molecule has 0 fully saturated rings. The Balaban J connectivity index is 1.76. The summed E-state index contributed by atoms with van der Waals surface area (Å²) in [4.78, 5) is 16.4. The number of carbonyl (C=O) groups excluding carboxylic acids is 1. The van der Waals surface area contributed by atoms with Gasteiger partial charge >= 0.3 is 0 Å². The SMILES string of the molecule is O=C(CCc1ccsc1)Nc1cc(Cl)cc2cccnc12. The molecule has 0 radical (unpaired) electrons. The lowest BCUT2D eigenvalue weighted by Gasteiger charge is -2.08. The van der Waals surface area contributed by atoms with Crippen molar-refractivity contribution < 1.29 is 4.79 Å². The lowest BCUT2D eigenvalue weighted by Crippen LogP contribution is -2.12. The minimum absolute atomic E-state index is 0.0320. The van der Waals surface area contributed by atoms with Gasteiger partial charge in [-0.2, -0.15) is 11.3 Å². The molecular weight excluding hydrogens is 304 g/mol. The Morgan fingerprint density at radius 3 is 3.05 bits per heavy atom. The maximum atomic E-state index is 12.1. The number of carbonyl (C=O) groups is 1. The number of nitrogens with zero attached hydrogens (tertiary/aromatic N) is 1. The van der Waals surface area contributed by atoms with Crippen molar-refractivity contribution in [2.45, 2.75) is 12.8 Å². The molecule has 0 spiro atoms. The van der Waals surface area contributed by atoms with Gasteiger partial charge in [0.2, 0.25) is 5.91 Å². The molecule has 1 amide bonds. The number of pyridine rings is 1. The van der Waals surface area contributed by atoms with E-state index in [4.69, 9.17) is 11.6 Å². The second kappa shape index (κ2) is 6.24. The van der Waals surface area contributed by atoms with E-state index in [0.717, 1.165) is 17.3 Å². The van der Waals surface area contributed by atoms with Gasteiger partial charge in [0.1, 0.15) is 0 Å². The monoisotopic (exact) mass is 316 g/mol. The second-order valence-electron chi connectivity index (χ2n) is 4.71. The molecule has 0 aliphatic rings. The Morgan fingerprint density at radius 1 is 1.33 bits per heavy atom. The normalized spacial score (nSPS) is 10.7. The zero-order valence-corrected chi connectivity index (χ0v) is 12.7. The Morgan fingerprint density at radius 2 is 2.24 bits per heavy atom. The van der Waals surface area contributed by atoms with Crippen LogP contribution in [-0.4, -0.2) is 10.9 Å². The fourth-order valence-electron chi connectivity index (χ4n) is 2.16. The number of fused-ring (bicyclic) bond motifs is 1. The second-order valence-corrected chi connectivity index (χ2v) is 5.92. The van der Waals surface area contributed by atoms with E-state index >= 15 is 0 Å². The first-order chi connectivity index (χ1) is 10.2. The van der Waals surface area contributed by atoms with Gasteiger partial charge in [-0.05, 0) is 47.0 Å². The summed E-state index contributed by atoms with van der Waals surface area (Å²) in [5.74, 6) is -0.0320. The Kier molecular flexibility index (Phi) is 4.18.